The number of halogens is 3. The quantitative estimate of drug-likeness (QED) is 0.431. The van der Waals surface area contributed by atoms with Crippen molar-refractivity contribution in [2.45, 2.75) is 13.8 Å². The van der Waals surface area contributed by atoms with Gasteiger partial charge in [0.15, 0.2) is 5.82 Å². The van der Waals surface area contributed by atoms with E-state index in [-0.39, 0.29) is 0 Å². The highest BCUT2D eigenvalue weighted by molar-refractivity contribution is 9.12. The number of hydrogen-bond acceptors (Lipinski definition) is 3. The third kappa shape index (κ3) is 2.52. The normalized spacial score (nSPS) is 11.2. The molecule has 1 aromatic carbocycles. The van der Waals surface area contributed by atoms with Crippen LogP contribution in [0.25, 0.3) is 22.3 Å². The molecule has 0 saturated carbocycles. The lowest BCUT2D eigenvalue weighted by Crippen LogP contribution is -1.94. The first-order valence-electron chi connectivity index (χ1n) is 5.85. The van der Waals surface area contributed by atoms with Gasteiger partial charge < -0.3 is 0 Å². The molecule has 102 valence electrons. The van der Waals surface area contributed by atoms with Crippen LogP contribution in [0.4, 0.5) is 0 Å². The SMILES string of the molecule is Cc1cc(C)c2c(Cl)nc(-c3cc(Br)sc3Br)nc2c1. The van der Waals surface area contributed by atoms with E-state index in [1.165, 1.54) is 5.56 Å². The number of hydrogen-bond donors (Lipinski definition) is 0. The van der Waals surface area contributed by atoms with E-state index in [2.05, 4.69) is 54.8 Å². The molecule has 0 aliphatic carbocycles. The van der Waals surface area contributed by atoms with Crippen molar-refractivity contribution >= 4 is 65.7 Å². The van der Waals surface area contributed by atoms with Crippen molar-refractivity contribution in [2.75, 3.05) is 0 Å². The first-order valence-corrected chi connectivity index (χ1v) is 8.63. The van der Waals surface area contributed by atoms with E-state index in [0.29, 0.717) is 11.0 Å². The van der Waals surface area contributed by atoms with E-state index in [0.717, 1.165) is 29.6 Å². The lowest BCUT2D eigenvalue weighted by molar-refractivity contribution is 1.22. The van der Waals surface area contributed by atoms with E-state index in [9.17, 15) is 0 Å². The molecule has 0 amide bonds. The minimum atomic E-state index is 0.497. The van der Waals surface area contributed by atoms with Crippen molar-refractivity contribution < 1.29 is 0 Å². The maximum Gasteiger partial charge on any atom is 0.163 e. The number of aromatic nitrogens is 2. The second-order valence-corrected chi connectivity index (χ2v) is 8.66. The summed E-state index contributed by atoms with van der Waals surface area (Å²) in [7, 11) is 0. The van der Waals surface area contributed by atoms with Crippen molar-refractivity contribution in [2.24, 2.45) is 0 Å². The number of rotatable bonds is 1. The highest BCUT2D eigenvalue weighted by Crippen LogP contribution is 2.38. The minimum Gasteiger partial charge on any atom is -0.228 e. The molecule has 2 nitrogen and oxygen atoms in total. The largest absolute Gasteiger partial charge is 0.228 e. The van der Waals surface area contributed by atoms with E-state index in [4.69, 9.17) is 11.6 Å². The summed E-state index contributed by atoms with van der Waals surface area (Å²) in [5, 5.41) is 1.42. The topological polar surface area (TPSA) is 25.8 Å². The molecule has 2 heterocycles. The molecule has 3 rings (SSSR count). The predicted molar refractivity (Wildman–Crippen MR) is 92.7 cm³/mol. The summed E-state index contributed by atoms with van der Waals surface area (Å²) in [6.45, 7) is 4.08. The van der Waals surface area contributed by atoms with Gasteiger partial charge in [0.1, 0.15) is 5.15 Å². The molecule has 2 aromatic heterocycles. The Hall–Kier alpha value is -0.490. The molecule has 0 aliphatic rings. The van der Waals surface area contributed by atoms with E-state index >= 15 is 0 Å². The zero-order valence-corrected chi connectivity index (χ0v) is 15.4. The van der Waals surface area contributed by atoms with Gasteiger partial charge >= 0.3 is 0 Å². The maximum atomic E-state index is 6.35. The van der Waals surface area contributed by atoms with Crippen LogP contribution in [0, 0.1) is 13.8 Å². The smallest absolute Gasteiger partial charge is 0.163 e. The number of fused-ring (bicyclic) bond motifs is 1. The highest BCUT2D eigenvalue weighted by atomic mass is 79.9. The summed E-state index contributed by atoms with van der Waals surface area (Å²) in [6.07, 6.45) is 0. The molecule has 0 fully saturated rings. The van der Waals surface area contributed by atoms with E-state index in [1.54, 1.807) is 11.3 Å². The predicted octanol–water partition coefficient (Wildman–Crippen LogP) is 6.15. The first-order chi connectivity index (χ1) is 9.45. The van der Waals surface area contributed by atoms with Crippen LogP contribution in [0.1, 0.15) is 11.1 Å². The first kappa shape index (κ1) is 14.4. The van der Waals surface area contributed by atoms with Gasteiger partial charge in [-0.05, 0) is 69.0 Å². The summed E-state index contributed by atoms with van der Waals surface area (Å²) >= 11 is 15.0. The third-order valence-electron chi connectivity index (χ3n) is 2.99. The average molecular weight is 433 g/mol. The van der Waals surface area contributed by atoms with Gasteiger partial charge in [-0.15, -0.1) is 11.3 Å². The lowest BCUT2D eigenvalue weighted by atomic mass is 10.1. The van der Waals surface area contributed by atoms with Gasteiger partial charge in [-0.25, -0.2) is 9.97 Å². The fourth-order valence-corrected chi connectivity index (χ4v) is 5.32. The fraction of sp³-hybridized carbons (Fsp3) is 0.143. The molecule has 0 unspecified atom stereocenters. The second kappa shape index (κ2) is 5.37. The van der Waals surface area contributed by atoms with Gasteiger partial charge in [0.25, 0.3) is 0 Å². The standard InChI is InChI=1S/C14H9Br2ClN2S/c1-6-3-7(2)11-9(4-6)18-14(19-13(11)17)8-5-10(15)20-12(8)16/h3-5H,1-2H3. The number of aryl methyl sites for hydroxylation is 2. The van der Waals surface area contributed by atoms with Crippen LogP contribution >= 0.6 is 54.8 Å². The molecule has 0 radical (unpaired) electrons. The Bertz CT molecular complexity index is 830. The summed E-state index contributed by atoms with van der Waals surface area (Å²) < 4.78 is 2.02. The van der Waals surface area contributed by atoms with Crippen LogP contribution in [0.3, 0.4) is 0 Å². The summed E-state index contributed by atoms with van der Waals surface area (Å²) in [6, 6.07) is 6.12. The fourth-order valence-electron chi connectivity index (χ4n) is 2.20. The summed E-state index contributed by atoms with van der Waals surface area (Å²) in [5.41, 5.74) is 4.10. The zero-order chi connectivity index (χ0) is 14.4. The van der Waals surface area contributed by atoms with Gasteiger partial charge in [0, 0.05) is 10.9 Å². The van der Waals surface area contributed by atoms with Gasteiger partial charge in [0.05, 0.1) is 13.1 Å². The minimum absolute atomic E-state index is 0.497. The van der Waals surface area contributed by atoms with Gasteiger partial charge in [-0.1, -0.05) is 17.7 Å². The van der Waals surface area contributed by atoms with Crippen molar-refractivity contribution in [1.29, 1.82) is 0 Å². The van der Waals surface area contributed by atoms with Crippen molar-refractivity contribution in [1.82, 2.24) is 9.97 Å². The van der Waals surface area contributed by atoms with Crippen LogP contribution in [0.2, 0.25) is 5.15 Å². The Morgan fingerprint density at radius 2 is 1.85 bits per heavy atom. The molecule has 6 heteroatoms. The molecule has 0 atom stereocenters. The average Bonchev–Trinajstić information content (AvgIpc) is 2.66. The number of benzene rings is 1. The zero-order valence-electron chi connectivity index (χ0n) is 10.7. The Kier molecular flexibility index (Phi) is 3.88. The van der Waals surface area contributed by atoms with Gasteiger partial charge in [0.2, 0.25) is 0 Å². The maximum absolute atomic E-state index is 6.35. The Morgan fingerprint density at radius 1 is 1.10 bits per heavy atom. The van der Waals surface area contributed by atoms with Gasteiger partial charge in [-0.3, -0.25) is 0 Å². The Balaban J connectivity index is 2.32. The monoisotopic (exact) mass is 430 g/mol. The lowest BCUT2D eigenvalue weighted by Gasteiger charge is -2.07. The Morgan fingerprint density at radius 3 is 2.50 bits per heavy atom. The van der Waals surface area contributed by atoms with Gasteiger partial charge in [-0.2, -0.15) is 0 Å². The summed E-state index contributed by atoms with van der Waals surface area (Å²) in [5.74, 6) is 0.640. The van der Waals surface area contributed by atoms with Crippen LogP contribution in [0.5, 0.6) is 0 Å². The number of thiophene rings is 1. The van der Waals surface area contributed by atoms with E-state index in [1.807, 2.05) is 19.1 Å². The molecule has 0 N–H and O–H groups in total. The van der Waals surface area contributed by atoms with Crippen LogP contribution in [-0.4, -0.2) is 9.97 Å². The number of nitrogens with zero attached hydrogens (tertiary/aromatic N) is 2. The molecule has 0 spiro atoms. The van der Waals surface area contributed by atoms with Crippen LogP contribution < -0.4 is 0 Å². The van der Waals surface area contributed by atoms with Crippen molar-refractivity contribution in [3.63, 3.8) is 0 Å². The molecule has 3 aromatic rings. The molecule has 20 heavy (non-hydrogen) atoms. The molecule has 0 saturated heterocycles. The second-order valence-electron chi connectivity index (χ2n) is 4.55. The molecule has 0 bridgehead atoms. The van der Waals surface area contributed by atoms with Crippen LogP contribution in [-0.2, 0) is 0 Å². The van der Waals surface area contributed by atoms with Crippen molar-refractivity contribution in [3.8, 4) is 11.4 Å². The molecular formula is C14H9Br2ClN2S. The van der Waals surface area contributed by atoms with E-state index < -0.39 is 0 Å². The third-order valence-corrected chi connectivity index (χ3v) is 5.61. The molecule has 0 aliphatic heterocycles. The van der Waals surface area contributed by atoms with Crippen LogP contribution in [0.15, 0.2) is 25.8 Å². The highest BCUT2D eigenvalue weighted by Gasteiger charge is 2.14. The van der Waals surface area contributed by atoms with Crippen molar-refractivity contribution in [3.05, 3.63) is 42.1 Å². The summed E-state index contributed by atoms with van der Waals surface area (Å²) in [4.78, 5) is 9.11. The Labute approximate surface area is 142 Å². The molecular weight excluding hydrogens is 423 g/mol.